The lowest BCUT2D eigenvalue weighted by atomic mass is 10.3. The van der Waals surface area contributed by atoms with Crippen LogP contribution in [0.2, 0.25) is 5.02 Å². The molecule has 0 bridgehead atoms. The molecule has 0 radical (unpaired) electrons. The van der Waals surface area contributed by atoms with E-state index in [0.29, 0.717) is 10.8 Å². The summed E-state index contributed by atoms with van der Waals surface area (Å²) in [7, 11) is 0. The topological polar surface area (TPSA) is 49.8 Å². The van der Waals surface area contributed by atoms with Crippen LogP contribution in [0.25, 0.3) is 0 Å². The zero-order valence-electron chi connectivity index (χ0n) is 10.0. The van der Waals surface area contributed by atoms with Crippen molar-refractivity contribution in [3.05, 3.63) is 38.5 Å². The Morgan fingerprint density at radius 2 is 1.95 bits per heavy atom. The van der Waals surface area contributed by atoms with E-state index >= 15 is 0 Å². The van der Waals surface area contributed by atoms with Gasteiger partial charge in [0.05, 0.1) is 5.02 Å². The lowest BCUT2D eigenvalue weighted by Crippen LogP contribution is -2.03. The average molecular weight is 407 g/mol. The van der Waals surface area contributed by atoms with Gasteiger partial charge in [-0.25, -0.2) is 9.97 Å². The van der Waals surface area contributed by atoms with Gasteiger partial charge in [0.2, 0.25) is 0 Å². The molecule has 2 N–H and O–H groups in total. The SMILES string of the molecule is CCNc1ncnc(Nc2ccc(Br)c(Cl)c2)c1Br. The first-order valence-electron chi connectivity index (χ1n) is 5.58. The van der Waals surface area contributed by atoms with E-state index < -0.39 is 0 Å². The third-order valence-corrected chi connectivity index (χ3v) is 4.30. The molecule has 0 spiro atoms. The first kappa shape index (κ1) is 14.6. The smallest absolute Gasteiger partial charge is 0.150 e. The minimum atomic E-state index is 0.641. The van der Waals surface area contributed by atoms with Crippen LogP contribution in [-0.2, 0) is 0 Å². The molecule has 19 heavy (non-hydrogen) atoms. The summed E-state index contributed by atoms with van der Waals surface area (Å²) < 4.78 is 1.64. The third-order valence-electron chi connectivity index (χ3n) is 2.32. The number of aromatic nitrogens is 2. The van der Waals surface area contributed by atoms with E-state index in [-0.39, 0.29) is 0 Å². The van der Waals surface area contributed by atoms with Crippen LogP contribution in [0.15, 0.2) is 33.5 Å². The molecule has 2 aromatic rings. The van der Waals surface area contributed by atoms with Crippen LogP contribution in [0.3, 0.4) is 0 Å². The number of hydrogen-bond donors (Lipinski definition) is 2. The highest BCUT2D eigenvalue weighted by Crippen LogP contribution is 2.31. The summed E-state index contributed by atoms with van der Waals surface area (Å²) in [5.74, 6) is 1.44. The molecule has 7 heteroatoms. The van der Waals surface area contributed by atoms with E-state index in [0.717, 1.165) is 27.0 Å². The molecule has 0 saturated carbocycles. The molecule has 0 aliphatic rings. The van der Waals surface area contributed by atoms with Crippen LogP contribution >= 0.6 is 43.5 Å². The standard InChI is InChI=1S/C12H11Br2ClN4/c1-2-16-11-10(14)12(18-6-17-11)19-7-3-4-8(13)9(15)5-7/h3-6H,2H2,1H3,(H2,16,17,18,19). The summed E-state index contributed by atoms with van der Waals surface area (Å²) in [6.45, 7) is 2.80. The number of halogens is 3. The van der Waals surface area contributed by atoms with Gasteiger partial charge in [0, 0.05) is 16.7 Å². The van der Waals surface area contributed by atoms with Gasteiger partial charge >= 0.3 is 0 Å². The first-order chi connectivity index (χ1) is 9.11. The predicted molar refractivity (Wildman–Crippen MR) is 86.3 cm³/mol. The Morgan fingerprint density at radius 1 is 1.21 bits per heavy atom. The van der Waals surface area contributed by atoms with Crippen molar-refractivity contribution in [2.75, 3.05) is 17.2 Å². The van der Waals surface area contributed by atoms with Crippen molar-refractivity contribution in [1.82, 2.24) is 9.97 Å². The summed E-state index contributed by atoms with van der Waals surface area (Å²) in [6.07, 6.45) is 1.51. The Bertz CT molecular complexity index is 592. The molecule has 0 fully saturated rings. The van der Waals surface area contributed by atoms with Gasteiger partial charge in [0.25, 0.3) is 0 Å². The third kappa shape index (κ3) is 3.58. The van der Waals surface area contributed by atoms with E-state index in [9.17, 15) is 0 Å². The maximum absolute atomic E-state index is 6.06. The fourth-order valence-corrected chi connectivity index (χ4v) is 2.33. The van der Waals surface area contributed by atoms with Gasteiger partial charge in [-0.15, -0.1) is 0 Å². The molecule has 0 aliphatic heterocycles. The molecule has 0 saturated heterocycles. The van der Waals surface area contributed by atoms with Crippen molar-refractivity contribution < 1.29 is 0 Å². The van der Waals surface area contributed by atoms with Gasteiger partial charge in [-0.2, -0.15) is 0 Å². The number of benzene rings is 1. The number of anilines is 3. The summed E-state index contributed by atoms with van der Waals surface area (Å²) >= 11 is 12.9. The number of nitrogens with one attached hydrogen (secondary N) is 2. The minimum absolute atomic E-state index is 0.641. The van der Waals surface area contributed by atoms with E-state index in [1.807, 2.05) is 25.1 Å². The number of rotatable bonds is 4. The quantitative estimate of drug-likeness (QED) is 0.764. The van der Waals surface area contributed by atoms with Crippen molar-refractivity contribution in [2.24, 2.45) is 0 Å². The highest BCUT2D eigenvalue weighted by atomic mass is 79.9. The first-order valence-corrected chi connectivity index (χ1v) is 7.54. The van der Waals surface area contributed by atoms with Crippen LogP contribution in [0.5, 0.6) is 0 Å². The van der Waals surface area contributed by atoms with Crippen LogP contribution in [0.1, 0.15) is 6.92 Å². The van der Waals surface area contributed by atoms with E-state index in [4.69, 9.17) is 11.6 Å². The molecule has 100 valence electrons. The Hall–Kier alpha value is -0.850. The Morgan fingerprint density at radius 3 is 2.63 bits per heavy atom. The number of hydrogen-bond acceptors (Lipinski definition) is 4. The Kier molecular flexibility index (Phi) is 5.01. The van der Waals surface area contributed by atoms with Crippen molar-refractivity contribution in [3.63, 3.8) is 0 Å². The zero-order valence-corrected chi connectivity index (χ0v) is 14.0. The Labute approximate surface area is 133 Å². The van der Waals surface area contributed by atoms with Crippen LogP contribution in [0, 0.1) is 0 Å². The van der Waals surface area contributed by atoms with Crippen molar-refractivity contribution in [1.29, 1.82) is 0 Å². The molecule has 4 nitrogen and oxygen atoms in total. The fourth-order valence-electron chi connectivity index (χ4n) is 1.46. The van der Waals surface area contributed by atoms with Crippen molar-refractivity contribution >= 4 is 60.8 Å². The molecule has 0 amide bonds. The maximum atomic E-state index is 6.06. The molecule has 1 aromatic carbocycles. The van der Waals surface area contributed by atoms with Gasteiger partial charge in [-0.3, -0.25) is 0 Å². The molecular formula is C12H11Br2ClN4. The second kappa shape index (κ2) is 6.54. The molecule has 1 aromatic heterocycles. The van der Waals surface area contributed by atoms with Gasteiger partial charge < -0.3 is 10.6 Å². The van der Waals surface area contributed by atoms with Crippen LogP contribution < -0.4 is 10.6 Å². The molecule has 0 aliphatic carbocycles. The summed E-state index contributed by atoms with van der Waals surface area (Å²) in [6, 6.07) is 5.62. The normalized spacial score (nSPS) is 10.3. The van der Waals surface area contributed by atoms with Crippen LogP contribution in [-0.4, -0.2) is 16.5 Å². The largest absolute Gasteiger partial charge is 0.369 e. The summed E-state index contributed by atoms with van der Waals surface area (Å²) in [5.41, 5.74) is 0.857. The highest BCUT2D eigenvalue weighted by Gasteiger charge is 2.08. The van der Waals surface area contributed by atoms with Gasteiger partial charge in [0.1, 0.15) is 22.4 Å². The summed E-state index contributed by atoms with van der Waals surface area (Å²) in [4.78, 5) is 8.36. The monoisotopic (exact) mass is 404 g/mol. The van der Waals surface area contributed by atoms with Crippen molar-refractivity contribution in [2.45, 2.75) is 6.92 Å². The van der Waals surface area contributed by atoms with Gasteiger partial charge in [-0.1, -0.05) is 11.6 Å². The molecule has 1 heterocycles. The lowest BCUT2D eigenvalue weighted by molar-refractivity contribution is 1.10. The Balaban J connectivity index is 2.27. The zero-order chi connectivity index (χ0) is 13.8. The molecular weight excluding hydrogens is 395 g/mol. The summed E-state index contributed by atoms with van der Waals surface area (Å²) in [5, 5.41) is 6.99. The van der Waals surface area contributed by atoms with E-state index in [1.165, 1.54) is 6.33 Å². The second-order valence-corrected chi connectivity index (χ2v) is 5.72. The second-order valence-electron chi connectivity index (χ2n) is 3.67. The molecule has 0 atom stereocenters. The average Bonchev–Trinajstić information content (AvgIpc) is 2.39. The van der Waals surface area contributed by atoms with Gasteiger partial charge in [0.15, 0.2) is 0 Å². The van der Waals surface area contributed by atoms with E-state index in [1.54, 1.807) is 0 Å². The van der Waals surface area contributed by atoms with Gasteiger partial charge in [-0.05, 0) is 57.0 Å². The van der Waals surface area contributed by atoms with E-state index in [2.05, 4.69) is 52.5 Å². The maximum Gasteiger partial charge on any atom is 0.150 e. The van der Waals surface area contributed by atoms with Crippen LogP contribution in [0.4, 0.5) is 17.3 Å². The minimum Gasteiger partial charge on any atom is -0.369 e. The highest BCUT2D eigenvalue weighted by molar-refractivity contribution is 9.11. The lowest BCUT2D eigenvalue weighted by Gasteiger charge is -2.11. The fraction of sp³-hybridized carbons (Fsp3) is 0.167. The molecule has 0 unspecified atom stereocenters. The molecule has 2 rings (SSSR count). The van der Waals surface area contributed by atoms with Crippen molar-refractivity contribution in [3.8, 4) is 0 Å². The number of nitrogens with zero attached hydrogens (tertiary/aromatic N) is 2. The predicted octanol–water partition coefficient (Wildman–Crippen LogP) is 4.83.